The van der Waals surface area contributed by atoms with E-state index in [1.807, 2.05) is 25.1 Å². The van der Waals surface area contributed by atoms with Gasteiger partial charge in [-0.05, 0) is 56.6 Å². The molecule has 1 aliphatic carbocycles. The first kappa shape index (κ1) is 12.9. The van der Waals surface area contributed by atoms with E-state index >= 15 is 0 Å². The van der Waals surface area contributed by atoms with Crippen LogP contribution in [0.4, 0.5) is 0 Å². The molecule has 1 aromatic carbocycles. The number of hydrogen-bond donors (Lipinski definition) is 0. The van der Waals surface area contributed by atoms with Crippen molar-refractivity contribution in [2.24, 2.45) is 0 Å². The monoisotopic (exact) mass is 244 g/mol. The lowest BCUT2D eigenvalue weighted by atomic mass is 10.1. The summed E-state index contributed by atoms with van der Waals surface area (Å²) >= 11 is 0. The van der Waals surface area contributed by atoms with Crippen molar-refractivity contribution in [2.75, 3.05) is 20.7 Å². The third kappa shape index (κ3) is 3.02. The molecule has 3 heteroatoms. The Morgan fingerprint density at radius 1 is 1.33 bits per heavy atom. The molecule has 0 amide bonds. The van der Waals surface area contributed by atoms with Crippen LogP contribution in [0.5, 0.6) is 5.75 Å². The molecule has 96 valence electrons. The zero-order valence-electron chi connectivity index (χ0n) is 11.1. The van der Waals surface area contributed by atoms with Crippen LogP contribution < -0.4 is 4.74 Å². The van der Waals surface area contributed by atoms with E-state index in [-0.39, 0.29) is 6.04 Å². The molecule has 0 aliphatic heterocycles. The number of nitriles is 1. The maximum Gasteiger partial charge on any atom is 0.119 e. The van der Waals surface area contributed by atoms with Crippen molar-refractivity contribution in [1.82, 2.24) is 4.90 Å². The van der Waals surface area contributed by atoms with Crippen LogP contribution in [0, 0.1) is 11.3 Å². The van der Waals surface area contributed by atoms with Gasteiger partial charge < -0.3 is 9.64 Å². The Hall–Kier alpha value is -1.53. The molecule has 0 heterocycles. The number of fused-ring (bicyclic) bond motifs is 1. The molecule has 0 bridgehead atoms. The van der Waals surface area contributed by atoms with Crippen LogP contribution in [-0.2, 0) is 12.8 Å². The molecule has 3 nitrogen and oxygen atoms in total. The van der Waals surface area contributed by atoms with Crippen LogP contribution in [0.15, 0.2) is 18.2 Å². The van der Waals surface area contributed by atoms with Crippen molar-refractivity contribution in [2.45, 2.75) is 31.7 Å². The van der Waals surface area contributed by atoms with Gasteiger partial charge in [-0.25, -0.2) is 0 Å². The summed E-state index contributed by atoms with van der Waals surface area (Å²) in [5.74, 6) is 0.931. The average molecular weight is 244 g/mol. The molecule has 1 aromatic rings. The van der Waals surface area contributed by atoms with Crippen LogP contribution in [0.2, 0.25) is 0 Å². The molecular weight excluding hydrogens is 224 g/mol. The number of aryl methyl sites for hydroxylation is 2. The summed E-state index contributed by atoms with van der Waals surface area (Å²) < 4.78 is 5.81. The summed E-state index contributed by atoms with van der Waals surface area (Å²) in [5, 5.41) is 8.78. The molecule has 0 aromatic heterocycles. The molecule has 0 spiro atoms. The third-order valence-electron chi connectivity index (χ3n) is 3.57. The van der Waals surface area contributed by atoms with Crippen molar-refractivity contribution in [3.8, 4) is 11.8 Å². The number of nitrogens with zero attached hydrogens (tertiary/aromatic N) is 2. The predicted octanol–water partition coefficient (Wildman–Crippen LogP) is 2.40. The smallest absolute Gasteiger partial charge is 0.119 e. The van der Waals surface area contributed by atoms with E-state index in [9.17, 15) is 0 Å². The first-order valence-electron chi connectivity index (χ1n) is 6.48. The summed E-state index contributed by atoms with van der Waals surface area (Å²) in [6.07, 6.45) is 4.12. The SMILES string of the molecule is CN(C)C(CC#N)COc1ccc2c(c1)CCC2. The van der Waals surface area contributed by atoms with Gasteiger partial charge in [0, 0.05) is 0 Å². The number of likely N-dealkylation sites (N-methyl/N-ethyl adjacent to an activating group) is 1. The van der Waals surface area contributed by atoms with E-state index in [4.69, 9.17) is 10.00 Å². The highest BCUT2D eigenvalue weighted by molar-refractivity contribution is 5.38. The Morgan fingerprint density at radius 2 is 2.11 bits per heavy atom. The summed E-state index contributed by atoms with van der Waals surface area (Å²) in [4.78, 5) is 2.04. The first-order valence-corrected chi connectivity index (χ1v) is 6.48. The standard InChI is InChI=1S/C15H20N2O/c1-17(2)14(8-9-16)11-18-15-7-6-12-4-3-5-13(12)10-15/h6-7,10,14H,3-5,8,11H2,1-2H3. The number of benzene rings is 1. The van der Waals surface area contributed by atoms with Gasteiger partial charge in [0.15, 0.2) is 0 Å². The van der Waals surface area contributed by atoms with Crippen LogP contribution >= 0.6 is 0 Å². The highest BCUT2D eigenvalue weighted by Gasteiger charge is 2.14. The fourth-order valence-electron chi connectivity index (χ4n) is 2.33. The minimum Gasteiger partial charge on any atom is -0.492 e. The van der Waals surface area contributed by atoms with Crippen LogP contribution in [0.25, 0.3) is 0 Å². The van der Waals surface area contributed by atoms with Crippen molar-refractivity contribution >= 4 is 0 Å². The fraction of sp³-hybridized carbons (Fsp3) is 0.533. The third-order valence-corrected chi connectivity index (χ3v) is 3.57. The van der Waals surface area contributed by atoms with Crippen molar-refractivity contribution in [3.05, 3.63) is 29.3 Å². The topological polar surface area (TPSA) is 36.3 Å². The van der Waals surface area contributed by atoms with Gasteiger partial charge in [0.2, 0.25) is 0 Å². The highest BCUT2D eigenvalue weighted by Crippen LogP contribution is 2.26. The minimum absolute atomic E-state index is 0.156. The fourth-order valence-corrected chi connectivity index (χ4v) is 2.33. The van der Waals surface area contributed by atoms with Gasteiger partial charge in [0.05, 0.1) is 18.5 Å². The maximum atomic E-state index is 8.78. The molecule has 2 rings (SSSR count). The van der Waals surface area contributed by atoms with E-state index in [0.717, 1.165) is 5.75 Å². The molecule has 0 saturated carbocycles. The summed E-state index contributed by atoms with van der Waals surface area (Å²) in [5.41, 5.74) is 2.89. The Bertz CT molecular complexity index is 448. The minimum atomic E-state index is 0.156. The lowest BCUT2D eigenvalue weighted by Crippen LogP contribution is -2.33. The summed E-state index contributed by atoms with van der Waals surface area (Å²) in [7, 11) is 3.96. The van der Waals surface area contributed by atoms with E-state index in [1.165, 1.54) is 30.4 Å². The highest BCUT2D eigenvalue weighted by atomic mass is 16.5. The van der Waals surface area contributed by atoms with Crippen molar-refractivity contribution in [3.63, 3.8) is 0 Å². The van der Waals surface area contributed by atoms with Gasteiger partial charge in [-0.3, -0.25) is 0 Å². The molecule has 0 saturated heterocycles. The largest absolute Gasteiger partial charge is 0.492 e. The Kier molecular flexibility index (Phi) is 4.22. The van der Waals surface area contributed by atoms with Gasteiger partial charge in [-0.15, -0.1) is 0 Å². The number of ether oxygens (including phenoxy) is 1. The summed E-state index contributed by atoms with van der Waals surface area (Å²) in [6.45, 7) is 0.569. The van der Waals surface area contributed by atoms with E-state index in [1.54, 1.807) is 0 Å². The van der Waals surface area contributed by atoms with Crippen molar-refractivity contribution in [1.29, 1.82) is 5.26 Å². The molecule has 0 radical (unpaired) electrons. The molecule has 1 atom stereocenters. The number of hydrogen-bond acceptors (Lipinski definition) is 3. The lowest BCUT2D eigenvalue weighted by Gasteiger charge is -2.22. The van der Waals surface area contributed by atoms with Gasteiger partial charge in [0.25, 0.3) is 0 Å². The predicted molar refractivity (Wildman–Crippen MR) is 71.7 cm³/mol. The van der Waals surface area contributed by atoms with Gasteiger partial charge in [0.1, 0.15) is 12.4 Å². The average Bonchev–Trinajstić information content (AvgIpc) is 2.81. The zero-order valence-corrected chi connectivity index (χ0v) is 11.1. The van der Waals surface area contributed by atoms with Gasteiger partial charge in [-0.2, -0.15) is 5.26 Å². The van der Waals surface area contributed by atoms with E-state index in [0.29, 0.717) is 13.0 Å². The van der Waals surface area contributed by atoms with Gasteiger partial charge in [-0.1, -0.05) is 6.07 Å². The van der Waals surface area contributed by atoms with Crippen LogP contribution in [0.3, 0.4) is 0 Å². The van der Waals surface area contributed by atoms with Crippen LogP contribution in [-0.4, -0.2) is 31.6 Å². The Balaban J connectivity index is 1.95. The molecule has 0 N–H and O–H groups in total. The molecule has 1 aliphatic rings. The molecule has 18 heavy (non-hydrogen) atoms. The van der Waals surface area contributed by atoms with E-state index < -0.39 is 0 Å². The maximum absolute atomic E-state index is 8.78. The Morgan fingerprint density at radius 3 is 2.83 bits per heavy atom. The second-order valence-corrected chi connectivity index (χ2v) is 5.07. The Labute approximate surface area is 109 Å². The molecule has 1 unspecified atom stereocenters. The van der Waals surface area contributed by atoms with Crippen LogP contribution in [0.1, 0.15) is 24.0 Å². The van der Waals surface area contributed by atoms with Gasteiger partial charge >= 0.3 is 0 Å². The number of rotatable bonds is 5. The zero-order chi connectivity index (χ0) is 13.0. The second-order valence-electron chi connectivity index (χ2n) is 5.07. The molecule has 0 fully saturated rings. The molecular formula is C15H20N2O. The second kappa shape index (κ2) is 5.88. The summed E-state index contributed by atoms with van der Waals surface area (Å²) in [6, 6.07) is 8.73. The lowest BCUT2D eigenvalue weighted by molar-refractivity contribution is 0.188. The van der Waals surface area contributed by atoms with Crippen molar-refractivity contribution < 1.29 is 4.74 Å². The quantitative estimate of drug-likeness (QED) is 0.798. The first-order chi connectivity index (χ1) is 8.70. The normalized spacial score (nSPS) is 15.2. The van der Waals surface area contributed by atoms with E-state index in [2.05, 4.69) is 18.2 Å².